The Bertz CT molecular complexity index is 609. The van der Waals surface area contributed by atoms with Crippen LogP contribution in [0.25, 0.3) is 0 Å². The maximum absolute atomic E-state index is 12.6. The van der Waals surface area contributed by atoms with Gasteiger partial charge in [0.1, 0.15) is 0 Å². The third kappa shape index (κ3) is 4.32. The van der Waals surface area contributed by atoms with E-state index < -0.39 is 10.2 Å². The van der Waals surface area contributed by atoms with Gasteiger partial charge in [0.15, 0.2) is 0 Å². The van der Waals surface area contributed by atoms with Gasteiger partial charge in [-0.25, -0.2) is 0 Å². The highest BCUT2D eigenvalue weighted by molar-refractivity contribution is 9.10. The Balaban J connectivity index is 1.54. The van der Waals surface area contributed by atoms with Gasteiger partial charge in [0.25, 0.3) is 10.2 Å². The number of hydrogen-bond donors (Lipinski definition) is 0. The first-order chi connectivity index (χ1) is 11.1. The van der Waals surface area contributed by atoms with Crippen LogP contribution in [0.2, 0.25) is 0 Å². The fourth-order valence-corrected chi connectivity index (χ4v) is 4.73. The number of morpholine rings is 1. The van der Waals surface area contributed by atoms with E-state index in [1.54, 1.807) is 8.61 Å². The monoisotopic (exact) mass is 403 g/mol. The number of rotatable bonds is 4. The standard InChI is InChI=1S/C15H22BrN3O3S/c16-15-3-1-14(2-4-15)13-17-5-7-18(8-6-17)23(20,21)19-9-11-22-12-10-19/h1-4H,5-13H2. The Kier molecular flexibility index (Phi) is 5.71. The molecule has 1 aromatic rings. The summed E-state index contributed by atoms with van der Waals surface area (Å²) in [6, 6.07) is 8.27. The van der Waals surface area contributed by atoms with Gasteiger partial charge in [-0.15, -0.1) is 0 Å². The quantitative estimate of drug-likeness (QED) is 0.756. The van der Waals surface area contributed by atoms with Crippen LogP contribution >= 0.6 is 15.9 Å². The molecule has 23 heavy (non-hydrogen) atoms. The van der Waals surface area contributed by atoms with E-state index in [4.69, 9.17) is 4.74 Å². The molecule has 6 nitrogen and oxygen atoms in total. The lowest BCUT2D eigenvalue weighted by atomic mass is 10.2. The zero-order valence-electron chi connectivity index (χ0n) is 13.0. The Labute approximate surface area is 146 Å². The van der Waals surface area contributed by atoms with E-state index in [2.05, 4.69) is 33.0 Å². The van der Waals surface area contributed by atoms with Crippen molar-refractivity contribution in [2.45, 2.75) is 6.54 Å². The number of ether oxygens (including phenoxy) is 1. The van der Waals surface area contributed by atoms with Gasteiger partial charge in [-0.2, -0.15) is 17.0 Å². The molecule has 0 aliphatic carbocycles. The lowest BCUT2D eigenvalue weighted by Gasteiger charge is -2.37. The molecule has 2 fully saturated rings. The highest BCUT2D eigenvalue weighted by Crippen LogP contribution is 2.16. The molecule has 2 saturated heterocycles. The smallest absolute Gasteiger partial charge is 0.282 e. The second-order valence-electron chi connectivity index (χ2n) is 5.82. The Hall–Kier alpha value is -0.510. The van der Waals surface area contributed by atoms with Crippen LogP contribution < -0.4 is 0 Å². The second-order valence-corrected chi connectivity index (χ2v) is 8.66. The normalized spacial score (nSPS) is 22.3. The van der Waals surface area contributed by atoms with E-state index in [0.29, 0.717) is 39.4 Å². The molecule has 3 rings (SSSR count). The van der Waals surface area contributed by atoms with Crippen molar-refractivity contribution in [3.63, 3.8) is 0 Å². The van der Waals surface area contributed by atoms with Crippen molar-refractivity contribution in [3.05, 3.63) is 34.3 Å². The molecule has 0 aromatic heterocycles. The second kappa shape index (κ2) is 7.58. The van der Waals surface area contributed by atoms with Crippen molar-refractivity contribution >= 4 is 26.1 Å². The molecule has 0 saturated carbocycles. The van der Waals surface area contributed by atoms with Crippen LogP contribution in [0, 0.1) is 0 Å². The van der Waals surface area contributed by atoms with E-state index in [-0.39, 0.29) is 0 Å². The first-order valence-corrected chi connectivity index (χ1v) is 10.0. The molecule has 2 heterocycles. The summed E-state index contributed by atoms with van der Waals surface area (Å²) in [7, 11) is -3.33. The average Bonchev–Trinajstić information content (AvgIpc) is 2.58. The van der Waals surface area contributed by atoms with Crippen molar-refractivity contribution in [1.82, 2.24) is 13.5 Å². The summed E-state index contributed by atoms with van der Waals surface area (Å²) in [5.41, 5.74) is 1.25. The van der Waals surface area contributed by atoms with Crippen molar-refractivity contribution in [3.8, 4) is 0 Å². The topological polar surface area (TPSA) is 53.1 Å². The predicted octanol–water partition coefficient (Wildman–Crippen LogP) is 1.14. The van der Waals surface area contributed by atoms with Crippen LogP contribution in [-0.2, 0) is 21.5 Å². The molecule has 0 unspecified atom stereocenters. The minimum atomic E-state index is -3.33. The molecule has 1 aromatic carbocycles. The van der Waals surface area contributed by atoms with Crippen LogP contribution in [0.4, 0.5) is 0 Å². The van der Waals surface area contributed by atoms with Gasteiger partial charge in [0.05, 0.1) is 13.2 Å². The maximum atomic E-state index is 12.6. The first kappa shape index (κ1) is 17.3. The summed E-state index contributed by atoms with van der Waals surface area (Å²) in [4.78, 5) is 2.30. The molecule has 0 atom stereocenters. The Morgan fingerprint density at radius 1 is 0.913 bits per heavy atom. The number of hydrogen-bond acceptors (Lipinski definition) is 4. The minimum Gasteiger partial charge on any atom is -0.379 e. The summed E-state index contributed by atoms with van der Waals surface area (Å²) in [6.45, 7) is 5.39. The van der Waals surface area contributed by atoms with Crippen LogP contribution in [0.5, 0.6) is 0 Å². The number of piperazine rings is 1. The van der Waals surface area contributed by atoms with Crippen LogP contribution in [0.15, 0.2) is 28.7 Å². The first-order valence-electron chi connectivity index (χ1n) is 7.85. The molecule has 8 heteroatoms. The molecule has 0 radical (unpaired) electrons. The molecule has 0 amide bonds. The fourth-order valence-electron chi connectivity index (χ4n) is 2.91. The number of halogens is 1. The SMILES string of the molecule is O=S(=O)(N1CCOCC1)N1CCN(Cc2ccc(Br)cc2)CC1. The maximum Gasteiger partial charge on any atom is 0.282 e. The summed E-state index contributed by atoms with van der Waals surface area (Å²) < 4.78 is 34.7. The van der Waals surface area contributed by atoms with Gasteiger partial charge < -0.3 is 4.74 Å². The average molecular weight is 404 g/mol. The summed E-state index contributed by atoms with van der Waals surface area (Å²) in [5, 5.41) is 0. The van der Waals surface area contributed by atoms with E-state index in [9.17, 15) is 8.42 Å². The molecule has 0 spiro atoms. The highest BCUT2D eigenvalue weighted by atomic mass is 79.9. The largest absolute Gasteiger partial charge is 0.379 e. The van der Waals surface area contributed by atoms with Gasteiger partial charge in [0, 0.05) is 50.3 Å². The van der Waals surface area contributed by atoms with Gasteiger partial charge in [-0.05, 0) is 17.7 Å². The molecule has 0 N–H and O–H groups in total. The van der Waals surface area contributed by atoms with Gasteiger partial charge in [0.2, 0.25) is 0 Å². The number of benzene rings is 1. The lowest BCUT2D eigenvalue weighted by molar-refractivity contribution is 0.0684. The summed E-state index contributed by atoms with van der Waals surface area (Å²) in [6.07, 6.45) is 0. The molecule has 2 aliphatic rings. The molecular formula is C15H22BrN3O3S. The van der Waals surface area contributed by atoms with Gasteiger partial charge >= 0.3 is 0 Å². The highest BCUT2D eigenvalue weighted by Gasteiger charge is 2.33. The molecular weight excluding hydrogens is 382 g/mol. The third-order valence-corrected chi connectivity index (χ3v) is 6.84. The zero-order chi connectivity index (χ0) is 16.3. The predicted molar refractivity (Wildman–Crippen MR) is 92.3 cm³/mol. The van der Waals surface area contributed by atoms with Crippen LogP contribution in [0.1, 0.15) is 5.56 Å². The van der Waals surface area contributed by atoms with Crippen molar-refractivity contribution < 1.29 is 13.2 Å². The van der Waals surface area contributed by atoms with E-state index in [1.165, 1.54) is 5.56 Å². The van der Waals surface area contributed by atoms with Crippen molar-refractivity contribution in [1.29, 1.82) is 0 Å². The molecule has 2 aliphatic heterocycles. The van der Waals surface area contributed by atoms with Crippen molar-refractivity contribution in [2.24, 2.45) is 0 Å². The third-order valence-electron chi connectivity index (χ3n) is 4.27. The van der Waals surface area contributed by atoms with Gasteiger partial charge in [-0.3, -0.25) is 4.90 Å². The number of nitrogens with zero attached hydrogens (tertiary/aromatic N) is 3. The lowest BCUT2D eigenvalue weighted by Crippen LogP contribution is -2.54. The van der Waals surface area contributed by atoms with Crippen molar-refractivity contribution in [2.75, 3.05) is 52.5 Å². The zero-order valence-corrected chi connectivity index (χ0v) is 15.4. The molecule has 128 valence electrons. The van der Waals surface area contributed by atoms with E-state index in [0.717, 1.165) is 24.1 Å². The van der Waals surface area contributed by atoms with E-state index >= 15 is 0 Å². The minimum absolute atomic E-state index is 0.460. The summed E-state index contributed by atoms with van der Waals surface area (Å²) >= 11 is 3.44. The Morgan fingerprint density at radius 2 is 1.48 bits per heavy atom. The summed E-state index contributed by atoms with van der Waals surface area (Å²) in [5.74, 6) is 0. The van der Waals surface area contributed by atoms with Crippen LogP contribution in [0.3, 0.4) is 0 Å². The van der Waals surface area contributed by atoms with E-state index in [1.807, 2.05) is 12.1 Å². The van der Waals surface area contributed by atoms with Gasteiger partial charge in [-0.1, -0.05) is 28.1 Å². The van der Waals surface area contributed by atoms with Crippen LogP contribution in [-0.4, -0.2) is 74.4 Å². The fraction of sp³-hybridized carbons (Fsp3) is 0.600. The molecule has 0 bridgehead atoms. The Morgan fingerprint density at radius 3 is 2.09 bits per heavy atom.